The second-order valence-electron chi connectivity index (χ2n) is 7.50. The Morgan fingerprint density at radius 3 is 3.04 bits per heavy atom. The van der Waals surface area contributed by atoms with Gasteiger partial charge in [-0.15, -0.1) is 0 Å². The van der Waals surface area contributed by atoms with Crippen LogP contribution in [0.5, 0.6) is 0 Å². The minimum absolute atomic E-state index is 0.00882. The van der Waals surface area contributed by atoms with Crippen molar-refractivity contribution in [2.75, 3.05) is 13.1 Å². The molecule has 2 aliphatic heterocycles. The van der Waals surface area contributed by atoms with E-state index in [4.69, 9.17) is 0 Å². The maximum atomic E-state index is 13.1. The van der Waals surface area contributed by atoms with Crippen LogP contribution in [0.1, 0.15) is 47.4 Å². The lowest BCUT2D eigenvalue weighted by Crippen LogP contribution is -2.46. The first-order valence-corrected chi connectivity index (χ1v) is 9.34. The number of amides is 1. The molecule has 1 fully saturated rings. The summed E-state index contributed by atoms with van der Waals surface area (Å²) in [7, 11) is 0. The molecule has 8 nitrogen and oxygen atoms in total. The third-order valence-corrected chi connectivity index (χ3v) is 5.61. The molecule has 0 bridgehead atoms. The van der Waals surface area contributed by atoms with Crippen LogP contribution < -0.4 is 10.9 Å². The van der Waals surface area contributed by atoms with Gasteiger partial charge in [0.05, 0.1) is 24.3 Å². The van der Waals surface area contributed by atoms with Crippen LogP contribution in [0.15, 0.2) is 11.1 Å². The van der Waals surface area contributed by atoms with Crippen LogP contribution >= 0.6 is 0 Å². The van der Waals surface area contributed by atoms with E-state index in [2.05, 4.69) is 25.3 Å². The summed E-state index contributed by atoms with van der Waals surface area (Å²) in [6.07, 6.45) is 6.30. The highest BCUT2D eigenvalue weighted by molar-refractivity contribution is 5.83. The normalized spacial score (nSPS) is 22.0. The topological polar surface area (TPSA) is 107 Å². The monoisotopic (exact) mass is 354 g/mol. The second kappa shape index (κ2) is 6.05. The van der Waals surface area contributed by atoms with Crippen molar-refractivity contribution in [2.45, 2.75) is 44.7 Å². The van der Waals surface area contributed by atoms with E-state index >= 15 is 0 Å². The van der Waals surface area contributed by atoms with Gasteiger partial charge in [-0.25, -0.2) is 9.97 Å². The number of rotatable bonds is 3. The molecule has 1 aliphatic carbocycles. The number of H-pyrrole nitrogens is 2. The Bertz CT molecular complexity index is 913. The predicted octanol–water partition coefficient (Wildman–Crippen LogP) is 0.217. The molecular weight excluding hydrogens is 332 g/mol. The Kier molecular flexibility index (Phi) is 3.66. The first-order valence-electron chi connectivity index (χ1n) is 9.34. The van der Waals surface area contributed by atoms with E-state index in [-0.39, 0.29) is 11.5 Å². The van der Waals surface area contributed by atoms with Gasteiger partial charge in [-0.1, -0.05) is 0 Å². The van der Waals surface area contributed by atoms with Crippen molar-refractivity contribution in [1.29, 1.82) is 0 Å². The molecule has 1 saturated carbocycles. The average molecular weight is 354 g/mol. The number of carbonyl (C=O) groups is 1. The molecule has 3 aliphatic rings. The summed E-state index contributed by atoms with van der Waals surface area (Å²) in [4.78, 5) is 42.3. The molecule has 3 N–H and O–H groups in total. The van der Waals surface area contributed by atoms with E-state index in [0.717, 1.165) is 47.9 Å². The van der Waals surface area contributed by atoms with E-state index < -0.39 is 6.04 Å². The molecule has 1 atom stereocenters. The summed E-state index contributed by atoms with van der Waals surface area (Å²) in [6, 6.07) is -0.417. The molecule has 8 heteroatoms. The Hall–Kier alpha value is -2.48. The van der Waals surface area contributed by atoms with Crippen molar-refractivity contribution < 1.29 is 4.79 Å². The van der Waals surface area contributed by atoms with Gasteiger partial charge in [0.1, 0.15) is 11.9 Å². The zero-order chi connectivity index (χ0) is 17.7. The molecule has 0 saturated heterocycles. The van der Waals surface area contributed by atoms with Gasteiger partial charge in [0.2, 0.25) is 5.91 Å². The number of aromatic amines is 2. The number of hydrogen-bond donors (Lipinski definition) is 3. The molecule has 1 amide bonds. The van der Waals surface area contributed by atoms with Gasteiger partial charge in [-0.3, -0.25) is 9.59 Å². The van der Waals surface area contributed by atoms with Crippen molar-refractivity contribution in [3.8, 4) is 0 Å². The quantitative estimate of drug-likeness (QED) is 0.731. The van der Waals surface area contributed by atoms with E-state index in [9.17, 15) is 9.59 Å². The third-order valence-electron chi connectivity index (χ3n) is 5.61. The fourth-order valence-electron chi connectivity index (χ4n) is 3.98. The first kappa shape index (κ1) is 15.7. The molecule has 136 valence electrons. The number of hydrogen-bond acceptors (Lipinski definition) is 5. The summed E-state index contributed by atoms with van der Waals surface area (Å²) in [6.45, 7) is 1.68. The number of carbonyl (C=O) groups excluding carboxylic acids is 1. The van der Waals surface area contributed by atoms with Crippen molar-refractivity contribution in [1.82, 2.24) is 30.2 Å². The van der Waals surface area contributed by atoms with Gasteiger partial charge in [0.15, 0.2) is 0 Å². The van der Waals surface area contributed by atoms with Gasteiger partial charge >= 0.3 is 0 Å². The van der Waals surface area contributed by atoms with E-state index in [1.807, 2.05) is 0 Å². The minimum atomic E-state index is -0.417. The van der Waals surface area contributed by atoms with Gasteiger partial charge in [0.25, 0.3) is 5.56 Å². The predicted molar refractivity (Wildman–Crippen MR) is 93.4 cm³/mol. The lowest BCUT2D eigenvalue weighted by Gasteiger charge is -2.32. The Morgan fingerprint density at radius 1 is 1.31 bits per heavy atom. The summed E-state index contributed by atoms with van der Waals surface area (Å²) in [5, 5.41) is 3.28. The SMILES string of the molecule is O=C(C1NCCc2[nH]cnc21)N1CCc2c(nc(CC3CC3)[nH]c2=O)C1. The molecule has 5 rings (SSSR count). The average Bonchev–Trinajstić information content (AvgIpc) is 3.32. The van der Waals surface area contributed by atoms with E-state index in [0.29, 0.717) is 25.4 Å². The molecule has 26 heavy (non-hydrogen) atoms. The van der Waals surface area contributed by atoms with Crippen LogP contribution in [-0.4, -0.2) is 43.8 Å². The molecule has 2 aromatic heterocycles. The zero-order valence-electron chi connectivity index (χ0n) is 14.5. The van der Waals surface area contributed by atoms with Crippen molar-refractivity contribution in [3.63, 3.8) is 0 Å². The van der Waals surface area contributed by atoms with Crippen molar-refractivity contribution in [2.24, 2.45) is 5.92 Å². The zero-order valence-corrected chi connectivity index (χ0v) is 14.5. The first-order chi connectivity index (χ1) is 12.7. The molecule has 1 unspecified atom stereocenters. The number of imidazole rings is 1. The van der Waals surface area contributed by atoms with Gasteiger partial charge in [-0.2, -0.15) is 0 Å². The highest BCUT2D eigenvalue weighted by Crippen LogP contribution is 2.31. The van der Waals surface area contributed by atoms with E-state index in [1.54, 1.807) is 11.2 Å². The highest BCUT2D eigenvalue weighted by atomic mass is 16.2. The smallest absolute Gasteiger partial charge is 0.254 e. The maximum Gasteiger partial charge on any atom is 0.254 e. The Labute approximate surface area is 150 Å². The lowest BCUT2D eigenvalue weighted by molar-refractivity contribution is -0.135. The molecule has 2 aromatic rings. The van der Waals surface area contributed by atoms with Crippen LogP contribution in [0, 0.1) is 5.92 Å². The summed E-state index contributed by atoms with van der Waals surface area (Å²) >= 11 is 0. The number of fused-ring (bicyclic) bond motifs is 2. The van der Waals surface area contributed by atoms with Gasteiger partial charge in [0, 0.05) is 37.2 Å². The molecule has 0 spiro atoms. The summed E-state index contributed by atoms with van der Waals surface area (Å²) in [5.41, 5.74) is 3.26. The molecule has 0 radical (unpaired) electrons. The minimum Gasteiger partial charge on any atom is -0.348 e. The van der Waals surface area contributed by atoms with Crippen LogP contribution in [-0.2, 0) is 30.6 Å². The fraction of sp³-hybridized carbons (Fsp3) is 0.556. The number of aromatic nitrogens is 4. The van der Waals surface area contributed by atoms with Crippen LogP contribution in [0.3, 0.4) is 0 Å². The third kappa shape index (κ3) is 2.74. The fourth-order valence-corrected chi connectivity index (χ4v) is 3.98. The maximum absolute atomic E-state index is 13.1. The van der Waals surface area contributed by atoms with Crippen LogP contribution in [0.25, 0.3) is 0 Å². The summed E-state index contributed by atoms with van der Waals surface area (Å²) < 4.78 is 0. The molecule has 0 aromatic carbocycles. The van der Waals surface area contributed by atoms with Gasteiger partial charge < -0.3 is 20.2 Å². The number of nitrogens with one attached hydrogen (secondary N) is 3. The number of nitrogens with zero attached hydrogens (tertiary/aromatic N) is 3. The molecular formula is C18H22N6O2. The van der Waals surface area contributed by atoms with Gasteiger partial charge in [-0.05, 0) is 25.2 Å². The highest BCUT2D eigenvalue weighted by Gasteiger charge is 2.34. The van der Waals surface area contributed by atoms with Crippen LogP contribution in [0.4, 0.5) is 0 Å². The summed E-state index contributed by atoms with van der Waals surface area (Å²) in [5.74, 6) is 1.42. The van der Waals surface area contributed by atoms with E-state index in [1.165, 1.54) is 12.8 Å². The Morgan fingerprint density at radius 2 is 2.19 bits per heavy atom. The molecule has 4 heterocycles. The standard InChI is InChI=1S/C18H22N6O2/c25-17-11-4-6-24(8-13(11)22-14(23-17)7-10-1-2-10)18(26)16-15-12(3-5-19-16)20-9-21-15/h9-10,16,19H,1-8H2,(H,20,21)(H,22,23,25). The lowest BCUT2D eigenvalue weighted by atomic mass is 10.0. The van der Waals surface area contributed by atoms with Crippen LogP contribution in [0.2, 0.25) is 0 Å². The second-order valence-corrected chi connectivity index (χ2v) is 7.50. The van der Waals surface area contributed by atoms with Crippen molar-refractivity contribution >= 4 is 5.91 Å². The largest absolute Gasteiger partial charge is 0.348 e. The van der Waals surface area contributed by atoms with Crippen molar-refractivity contribution in [3.05, 3.63) is 45.2 Å². The Balaban J connectivity index is 1.39.